The fourth-order valence-electron chi connectivity index (χ4n) is 4.27. The predicted octanol–water partition coefficient (Wildman–Crippen LogP) is 2.43. The second kappa shape index (κ2) is 3.96. The summed E-state index contributed by atoms with van der Waals surface area (Å²) in [6.45, 7) is 0. The summed E-state index contributed by atoms with van der Waals surface area (Å²) in [6.07, 6.45) is 2.91. The number of fused-ring (bicyclic) bond motifs is 5. The standard InChI is InChI=1S/C17H19NO2/c18-17-6-5-12-11-3-1-2-4-13(11)16(20)8-14(12)15(17)7-10(19)9-17/h1-4,8,10,15,19-20H,5-7,9,18H2/t10-,15+,17+/m0/s1. The summed E-state index contributed by atoms with van der Waals surface area (Å²) in [4.78, 5) is 0. The summed E-state index contributed by atoms with van der Waals surface area (Å²) in [5, 5.41) is 22.3. The topological polar surface area (TPSA) is 66.5 Å². The average molecular weight is 269 g/mol. The van der Waals surface area contributed by atoms with E-state index < -0.39 is 0 Å². The van der Waals surface area contributed by atoms with Crippen LogP contribution in [-0.4, -0.2) is 21.9 Å². The predicted molar refractivity (Wildman–Crippen MR) is 78.8 cm³/mol. The third-order valence-electron chi connectivity index (χ3n) is 5.20. The van der Waals surface area contributed by atoms with E-state index in [2.05, 4.69) is 6.07 Å². The van der Waals surface area contributed by atoms with Gasteiger partial charge in [-0.3, -0.25) is 0 Å². The van der Waals surface area contributed by atoms with Gasteiger partial charge in [-0.2, -0.15) is 0 Å². The highest BCUT2D eigenvalue weighted by molar-refractivity contribution is 5.92. The number of hydrogen-bond donors (Lipinski definition) is 3. The molecule has 20 heavy (non-hydrogen) atoms. The first-order valence-electron chi connectivity index (χ1n) is 7.29. The van der Waals surface area contributed by atoms with E-state index in [4.69, 9.17) is 5.73 Å². The molecular formula is C17H19NO2. The van der Waals surface area contributed by atoms with Gasteiger partial charge >= 0.3 is 0 Å². The molecule has 2 aromatic rings. The lowest BCUT2D eigenvalue weighted by Crippen LogP contribution is -2.45. The van der Waals surface area contributed by atoms with E-state index in [9.17, 15) is 10.2 Å². The van der Waals surface area contributed by atoms with Gasteiger partial charge in [-0.25, -0.2) is 0 Å². The number of benzene rings is 2. The summed E-state index contributed by atoms with van der Waals surface area (Å²) in [5.74, 6) is 0.488. The first kappa shape index (κ1) is 12.2. The highest BCUT2D eigenvalue weighted by atomic mass is 16.3. The maximum Gasteiger partial charge on any atom is 0.123 e. The summed E-state index contributed by atoms with van der Waals surface area (Å²) >= 11 is 0. The molecule has 4 N–H and O–H groups in total. The van der Waals surface area contributed by atoms with Gasteiger partial charge < -0.3 is 15.9 Å². The van der Waals surface area contributed by atoms with E-state index in [0.717, 1.165) is 29.2 Å². The maximum atomic E-state index is 10.3. The molecule has 4 rings (SSSR count). The Hall–Kier alpha value is -1.58. The quantitative estimate of drug-likeness (QED) is 0.688. The van der Waals surface area contributed by atoms with Gasteiger partial charge in [0.2, 0.25) is 0 Å². The first-order valence-corrected chi connectivity index (χ1v) is 7.29. The largest absolute Gasteiger partial charge is 0.507 e. The Bertz CT molecular complexity index is 697. The molecule has 1 saturated carbocycles. The van der Waals surface area contributed by atoms with Crippen molar-refractivity contribution in [2.75, 3.05) is 0 Å². The van der Waals surface area contributed by atoms with Gasteiger partial charge in [-0.05, 0) is 48.3 Å². The molecule has 2 aliphatic rings. The van der Waals surface area contributed by atoms with Crippen LogP contribution in [0.25, 0.3) is 10.8 Å². The Morgan fingerprint density at radius 1 is 1.20 bits per heavy atom. The zero-order valence-corrected chi connectivity index (χ0v) is 11.3. The minimum atomic E-state index is -0.315. The molecular weight excluding hydrogens is 250 g/mol. The molecule has 0 aromatic heterocycles. The van der Waals surface area contributed by atoms with Gasteiger partial charge in [0, 0.05) is 16.8 Å². The third-order valence-corrected chi connectivity index (χ3v) is 5.20. The Balaban J connectivity index is 1.98. The van der Waals surface area contributed by atoms with E-state index >= 15 is 0 Å². The van der Waals surface area contributed by atoms with Crippen LogP contribution >= 0.6 is 0 Å². The Kier molecular flexibility index (Phi) is 2.41. The number of rotatable bonds is 0. The number of nitrogens with two attached hydrogens (primary N) is 1. The van der Waals surface area contributed by atoms with Crippen LogP contribution in [-0.2, 0) is 6.42 Å². The van der Waals surface area contributed by atoms with E-state index in [1.54, 1.807) is 0 Å². The van der Waals surface area contributed by atoms with Crippen LogP contribution in [0.2, 0.25) is 0 Å². The molecule has 0 bridgehead atoms. The van der Waals surface area contributed by atoms with E-state index in [0.29, 0.717) is 18.6 Å². The zero-order valence-electron chi connectivity index (χ0n) is 11.3. The van der Waals surface area contributed by atoms with Crippen LogP contribution in [0.1, 0.15) is 36.3 Å². The van der Waals surface area contributed by atoms with Gasteiger partial charge in [0.1, 0.15) is 5.75 Å². The van der Waals surface area contributed by atoms with Gasteiger partial charge in [0.25, 0.3) is 0 Å². The molecule has 3 nitrogen and oxygen atoms in total. The van der Waals surface area contributed by atoms with Crippen LogP contribution in [0, 0.1) is 0 Å². The van der Waals surface area contributed by atoms with Gasteiger partial charge in [-0.15, -0.1) is 0 Å². The number of aliphatic hydroxyl groups excluding tert-OH is 1. The monoisotopic (exact) mass is 269 g/mol. The van der Waals surface area contributed by atoms with E-state index in [1.165, 1.54) is 5.56 Å². The normalized spacial score (nSPS) is 32.1. The van der Waals surface area contributed by atoms with Crippen LogP contribution < -0.4 is 5.73 Å². The number of hydrogen-bond acceptors (Lipinski definition) is 3. The Morgan fingerprint density at radius 2 is 1.95 bits per heavy atom. The van der Waals surface area contributed by atoms with Gasteiger partial charge in [-0.1, -0.05) is 24.3 Å². The molecule has 0 unspecified atom stereocenters. The third kappa shape index (κ3) is 1.54. The molecule has 0 radical (unpaired) electrons. The maximum absolute atomic E-state index is 10.3. The number of phenolic OH excluding ortho intramolecular Hbond substituents is 1. The fraction of sp³-hybridized carbons (Fsp3) is 0.412. The summed E-state index contributed by atoms with van der Waals surface area (Å²) in [7, 11) is 0. The average Bonchev–Trinajstić information content (AvgIpc) is 2.74. The molecule has 0 spiro atoms. The van der Waals surface area contributed by atoms with Crippen molar-refractivity contribution in [3.8, 4) is 5.75 Å². The van der Waals surface area contributed by atoms with Crippen LogP contribution in [0.4, 0.5) is 0 Å². The molecule has 2 aromatic carbocycles. The van der Waals surface area contributed by atoms with Crippen molar-refractivity contribution < 1.29 is 10.2 Å². The number of aliphatic hydroxyl groups is 1. The van der Waals surface area contributed by atoms with Crippen molar-refractivity contribution in [3.63, 3.8) is 0 Å². The Labute approximate surface area is 118 Å². The molecule has 0 amide bonds. The summed E-state index contributed by atoms with van der Waals surface area (Å²) < 4.78 is 0. The van der Waals surface area contributed by atoms with Gasteiger partial charge in [0.15, 0.2) is 0 Å². The van der Waals surface area contributed by atoms with Gasteiger partial charge in [0.05, 0.1) is 6.10 Å². The lowest BCUT2D eigenvalue weighted by atomic mass is 9.71. The molecule has 0 aliphatic heterocycles. The molecule has 3 atom stereocenters. The van der Waals surface area contributed by atoms with Crippen molar-refractivity contribution in [3.05, 3.63) is 41.5 Å². The highest BCUT2D eigenvalue weighted by Crippen LogP contribution is 2.50. The fourth-order valence-corrected chi connectivity index (χ4v) is 4.27. The van der Waals surface area contributed by atoms with Crippen molar-refractivity contribution in [1.29, 1.82) is 0 Å². The number of aryl methyl sites for hydroxylation is 1. The van der Waals surface area contributed by atoms with Crippen LogP contribution in [0.15, 0.2) is 30.3 Å². The van der Waals surface area contributed by atoms with Crippen LogP contribution in [0.3, 0.4) is 0 Å². The van der Waals surface area contributed by atoms with Crippen molar-refractivity contribution in [1.82, 2.24) is 0 Å². The summed E-state index contributed by atoms with van der Waals surface area (Å²) in [6, 6.07) is 9.86. The Morgan fingerprint density at radius 3 is 2.75 bits per heavy atom. The number of phenols is 1. The molecule has 1 fully saturated rings. The zero-order chi connectivity index (χ0) is 13.9. The van der Waals surface area contributed by atoms with Crippen LogP contribution in [0.5, 0.6) is 5.75 Å². The molecule has 2 aliphatic carbocycles. The van der Waals surface area contributed by atoms with E-state index in [1.807, 2.05) is 24.3 Å². The summed E-state index contributed by atoms with van der Waals surface area (Å²) in [5.41, 5.74) is 8.67. The van der Waals surface area contributed by atoms with E-state index in [-0.39, 0.29) is 17.6 Å². The second-order valence-electron chi connectivity index (χ2n) is 6.39. The smallest absolute Gasteiger partial charge is 0.123 e. The SMILES string of the molecule is N[C@@]12CCc3c(cc(O)c4ccccc34)[C@H]1C[C@H](O)C2. The lowest BCUT2D eigenvalue weighted by molar-refractivity contribution is 0.173. The minimum Gasteiger partial charge on any atom is -0.507 e. The molecule has 3 heteroatoms. The molecule has 0 saturated heterocycles. The molecule has 104 valence electrons. The first-order chi connectivity index (χ1) is 9.58. The second-order valence-corrected chi connectivity index (χ2v) is 6.39. The lowest BCUT2D eigenvalue weighted by Gasteiger charge is -2.38. The van der Waals surface area contributed by atoms with Crippen molar-refractivity contribution in [2.24, 2.45) is 5.73 Å². The van der Waals surface area contributed by atoms with Crippen molar-refractivity contribution >= 4 is 10.8 Å². The molecule has 0 heterocycles. The number of aromatic hydroxyl groups is 1. The minimum absolute atomic E-state index is 0.164. The highest BCUT2D eigenvalue weighted by Gasteiger charge is 2.47. The van der Waals surface area contributed by atoms with Crippen molar-refractivity contribution in [2.45, 2.75) is 43.2 Å².